The molecule has 29 heavy (non-hydrogen) atoms. The van der Waals surface area contributed by atoms with E-state index in [0.717, 1.165) is 19.3 Å². The molecule has 1 saturated carbocycles. The van der Waals surface area contributed by atoms with Crippen molar-refractivity contribution in [2.24, 2.45) is 17.6 Å². The van der Waals surface area contributed by atoms with E-state index in [0.29, 0.717) is 39.1 Å². The fourth-order valence-electron chi connectivity index (χ4n) is 4.74. The van der Waals surface area contributed by atoms with E-state index in [9.17, 15) is 23.1 Å². The van der Waals surface area contributed by atoms with Crippen molar-refractivity contribution in [3.05, 3.63) is 0 Å². The standard InChI is InChI=1S/C19H33F3N4O3/c20-19(21,22)14-5-2-1-4-12(14)10-26-11-13(9-24-26)25-18(28)15(23)8-16(27)17-6-3-7-29-17/h12-17,24,27H,1-11,23H2,(H,25,28). The summed E-state index contributed by atoms with van der Waals surface area (Å²) in [4.78, 5) is 12.3. The first-order valence-corrected chi connectivity index (χ1v) is 10.6. The van der Waals surface area contributed by atoms with E-state index in [4.69, 9.17) is 10.5 Å². The fraction of sp³-hybridized carbons (Fsp3) is 0.947. The minimum absolute atomic E-state index is 0.121. The van der Waals surface area contributed by atoms with Crippen LogP contribution in [0.2, 0.25) is 0 Å². The van der Waals surface area contributed by atoms with Gasteiger partial charge in [0.25, 0.3) is 0 Å². The van der Waals surface area contributed by atoms with Gasteiger partial charge in [-0.3, -0.25) is 10.2 Å². The molecule has 0 aromatic carbocycles. The Morgan fingerprint density at radius 1 is 1.28 bits per heavy atom. The molecule has 0 aromatic heterocycles. The maximum absolute atomic E-state index is 13.3. The fourth-order valence-corrected chi connectivity index (χ4v) is 4.74. The Morgan fingerprint density at radius 3 is 2.72 bits per heavy atom. The van der Waals surface area contributed by atoms with Crippen molar-refractivity contribution >= 4 is 5.91 Å². The van der Waals surface area contributed by atoms with Crippen molar-refractivity contribution in [3.63, 3.8) is 0 Å². The number of rotatable bonds is 7. The second kappa shape index (κ2) is 9.91. The third-order valence-electron chi connectivity index (χ3n) is 6.36. The minimum atomic E-state index is -4.16. The molecular weight excluding hydrogens is 389 g/mol. The van der Waals surface area contributed by atoms with E-state index < -0.39 is 30.2 Å². The summed E-state index contributed by atoms with van der Waals surface area (Å²) in [5.41, 5.74) is 9.02. The molecule has 6 atom stereocenters. The minimum Gasteiger partial charge on any atom is -0.390 e. The predicted octanol–water partition coefficient (Wildman–Crippen LogP) is 0.917. The van der Waals surface area contributed by atoms with Crippen LogP contribution in [0.1, 0.15) is 44.9 Å². The molecule has 0 spiro atoms. The number of hydrogen-bond acceptors (Lipinski definition) is 6. The molecule has 3 rings (SSSR count). The van der Waals surface area contributed by atoms with Crippen LogP contribution in [-0.4, -0.2) is 72.7 Å². The Bertz CT molecular complexity index is 545. The molecule has 6 unspecified atom stereocenters. The number of carbonyl (C=O) groups is 1. The maximum Gasteiger partial charge on any atom is 0.392 e. The molecule has 2 saturated heterocycles. The SMILES string of the molecule is NC(CC(O)C1CCCO1)C(=O)NC1CNN(CC2CCCCC2C(F)(F)F)C1. The zero-order valence-corrected chi connectivity index (χ0v) is 16.7. The second-order valence-corrected chi connectivity index (χ2v) is 8.63. The number of halogens is 3. The molecule has 1 aliphatic carbocycles. The van der Waals surface area contributed by atoms with Gasteiger partial charge in [0.05, 0.1) is 30.2 Å². The summed E-state index contributed by atoms with van der Waals surface area (Å²) in [5, 5.41) is 14.8. The van der Waals surface area contributed by atoms with Gasteiger partial charge >= 0.3 is 6.18 Å². The monoisotopic (exact) mass is 422 g/mol. The number of carbonyl (C=O) groups excluding carboxylic acids is 1. The Hall–Kier alpha value is -0.940. The number of nitrogens with one attached hydrogen (secondary N) is 2. The zero-order chi connectivity index (χ0) is 21.0. The van der Waals surface area contributed by atoms with Crippen LogP contribution in [0.5, 0.6) is 0 Å². The summed E-state index contributed by atoms with van der Waals surface area (Å²) in [5.74, 6) is -2.03. The van der Waals surface area contributed by atoms with E-state index in [1.165, 1.54) is 0 Å². The smallest absolute Gasteiger partial charge is 0.390 e. The second-order valence-electron chi connectivity index (χ2n) is 8.63. The van der Waals surface area contributed by atoms with Gasteiger partial charge < -0.3 is 20.9 Å². The van der Waals surface area contributed by atoms with Gasteiger partial charge in [0.2, 0.25) is 5.91 Å². The molecule has 10 heteroatoms. The van der Waals surface area contributed by atoms with Crippen LogP contribution in [-0.2, 0) is 9.53 Å². The number of hydrazine groups is 1. The van der Waals surface area contributed by atoms with Crippen molar-refractivity contribution in [3.8, 4) is 0 Å². The Labute approximate surface area is 169 Å². The molecule has 2 heterocycles. The van der Waals surface area contributed by atoms with Crippen LogP contribution >= 0.6 is 0 Å². The lowest BCUT2D eigenvalue weighted by molar-refractivity contribution is -0.198. The van der Waals surface area contributed by atoms with E-state index in [-0.39, 0.29) is 30.9 Å². The number of nitrogens with zero attached hydrogens (tertiary/aromatic N) is 1. The number of ether oxygens (including phenoxy) is 1. The van der Waals surface area contributed by atoms with Crippen molar-refractivity contribution in [2.45, 2.75) is 75.4 Å². The van der Waals surface area contributed by atoms with Crippen LogP contribution < -0.4 is 16.5 Å². The molecule has 168 valence electrons. The van der Waals surface area contributed by atoms with Crippen LogP contribution in [0.15, 0.2) is 0 Å². The van der Waals surface area contributed by atoms with E-state index in [1.54, 1.807) is 5.01 Å². The molecule has 3 aliphatic rings. The number of aliphatic hydroxyl groups excluding tert-OH is 1. The van der Waals surface area contributed by atoms with Crippen LogP contribution in [0, 0.1) is 11.8 Å². The lowest BCUT2D eigenvalue weighted by atomic mass is 9.78. The summed E-state index contributed by atoms with van der Waals surface area (Å²) in [6.45, 7) is 1.83. The highest BCUT2D eigenvalue weighted by Crippen LogP contribution is 2.41. The van der Waals surface area contributed by atoms with Gasteiger partial charge in [0.1, 0.15) is 0 Å². The highest BCUT2D eigenvalue weighted by atomic mass is 19.4. The van der Waals surface area contributed by atoms with E-state index in [1.807, 2.05) is 0 Å². The third kappa shape index (κ3) is 6.27. The Balaban J connectivity index is 1.42. The Kier molecular flexibility index (Phi) is 7.77. The lowest BCUT2D eigenvalue weighted by Gasteiger charge is -2.35. The van der Waals surface area contributed by atoms with Crippen molar-refractivity contribution < 1.29 is 27.8 Å². The summed E-state index contributed by atoms with van der Waals surface area (Å²) < 4.78 is 45.3. The molecular formula is C19H33F3N4O3. The molecule has 2 aliphatic heterocycles. The number of nitrogens with two attached hydrogens (primary N) is 1. The van der Waals surface area contributed by atoms with Gasteiger partial charge in [-0.05, 0) is 38.0 Å². The molecule has 0 aromatic rings. The predicted molar refractivity (Wildman–Crippen MR) is 101 cm³/mol. The first-order chi connectivity index (χ1) is 13.7. The molecule has 1 amide bonds. The van der Waals surface area contributed by atoms with Gasteiger partial charge in [-0.15, -0.1) is 0 Å². The van der Waals surface area contributed by atoms with Gasteiger partial charge in [-0.2, -0.15) is 13.2 Å². The quantitative estimate of drug-likeness (QED) is 0.487. The van der Waals surface area contributed by atoms with Crippen molar-refractivity contribution in [1.29, 1.82) is 0 Å². The largest absolute Gasteiger partial charge is 0.392 e. The summed E-state index contributed by atoms with van der Waals surface area (Å²) in [7, 11) is 0. The molecule has 5 N–H and O–H groups in total. The summed E-state index contributed by atoms with van der Waals surface area (Å²) >= 11 is 0. The van der Waals surface area contributed by atoms with Gasteiger partial charge in [0.15, 0.2) is 0 Å². The van der Waals surface area contributed by atoms with Crippen LogP contribution in [0.4, 0.5) is 13.2 Å². The van der Waals surface area contributed by atoms with E-state index >= 15 is 0 Å². The van der Waals surface area contributed by atoms with Crippen molar-refractivity contribution in [1.82, 2.24) is 15.8 Å². The first kappa shape index (κ1) is 22.7. The van der Waals surface area contributed by atoms with Crippen molar-refractivity contribution in [2.75, 3.05) is 26.2 Å². The topological polar surface area (TPSA) is 99.9 Å². The molecule has 7 nitrogen and oxygen atoms in total. The molecule has 0 radical (unpaired) electrons. The van der Waals surface area contributed by atoms with Crippen LogP contribution in [0.3, 0.4) is 0 Å². The maximum atomic E-state index is 13.3. The third-order valence-corrected chi connectivity index (χ3v) is 6.36. The summed E-state index contributed by atoms with van der Waals surface area (Å²) in [6, 6.07) is -1.07. The highest BCUT2D eigenvalue weighted by molar-refractivity contribution is 5.81. The molecule has 3 fully saturated rings. The zero-order valence-electron chi connectivity index (χ0n) is 16.7. The summed E-state index contributed by atoms with van der Waals surface area (Å²) in [6.07, 6.45) is -1.20. The molecule has 0 bridgehead atoms. The van der Waals surface area contributed by atoms with E-state index in [2.05, 4.69) is 10.7 Å². The first-order valence-electron chi connectivity index (χ1n) is 10.6. The highest BCUT2D eigenvalue weighted by Gasteiger charge is 2.46. The van der Waals surface area contributed by atoms with Crippen LogP contribution in [0.25, 0.3) is 0 Å². The normalized spacial score (nSPS) is 33.6. The Morgan fingerprint density at radius 2 is 2.03 bits per heavy atom. The number of amides is 1. The number of hydrogen-bond donors (Lipinski definition) is 4. The van der Waals surface area contributed by atoms with Gasteiger partial charge in [0, 0.05) is 26.2 Å². The number of alkyl halides is 3. The average molecular weight is 422 g/mol. The van der Waals surface area contributed by atoms with Gasteiger partial charge in [-0.25, -0.2) is 5.01 Å². The lowest BCUT2D eigenvalue weighted by Crippen LogP contribution is -2.49. The average Bonchev–Trinajstić information content (AvgIpc) is 3.33. The van der Waals surface area contributed by atoms with Gasteiger partial charge in [-0.1, -0.05) is 12.8 Å². The number of aliphatic hydroxyl groups is 1.